The summed E-state index contributed by atoms with van der Waals surface area (Å²) in [5.41, 5.74) is 0.404. The molecule has 1 aliphatic rings. The van der Waals surface area contributed by atoms with Crippen LogP contribution >= 0.6 is 0 Å². The van der Waals surface area contributed by atoms with Gasteiger partial charge in [0.05, 0.1) is 18.8 Å². The molecule has 0 aliphatic carbocycles. The molecule has 25 heavy (non-hydrogen) atoms. The largest absolute Gasteiger partial charge is 0.496 e. The van der Waals surface area contributed by atoms with Gasteiger partial charge in [0.1, 0.15) is 11.5 Å². The van der Waals surface area contributed by atoms with Gasteiger partial charge >= 0.3 is 0 Å². The number of piperazine rings is 1. The van der Waals surface area contributed by atoms with Crippen molar-refractivity contribution in [2.45, 2.75) is 20.0 Å². The molecule has 1 aromatic rings. The second kappa shape index (κ2) is 8.67. The monoisotopic (exact) mass is 346 g/mol. The van der Waals surface area contributed by atoms with Gasteiger partial charge in [-0.05, 0) is 39.1 Å². The number of nitrogens with zero attached hydrogens (tertiary/aromatic N) is 2. The highest BCUT2D eigenvalue weighted by Crippen LogP contribution is 2.26. The van der Waals surface area contributed by atoms with Gasteiger partial charge in [0, 0.05) is 38.3 Å². The molecule has 0 atom stereocenters. The first-order valence-electron chi connectivity index (χ1n) is 8.45. The molecular weight excluding hydrogens is 320 g/mol. The van der Waals surface area contributed by atoms with Gasteiger partial charge in [-0.25, -0.2) is 0 Å². The number of carbonyl (C=O) groups is 2. The molecule has 0 saturated carbocycles. The Morgan fingerprint density at radius 3 is 2.40 bits per heavy atom. The van der Waals surface area contributed by atoms with E-state index < -0.39 is 0 Å². The highest BCUT2D eigenvalue weighted by Gasteiger charge is 2.18. The van der Waals surface area contributed by atoms with Crippen LogP contribution in [0.2, 0.25) is 0 Å². The minimum atomic E-state index is -0.268. The molecule has 0 unspecified atom stereocenters. The number of ketones is 1. The van der Waals surface area contributed by atoms with Crippen LogP contribution in [0.4, 0.5) is 0 Å². The second-order valence-electron chi connectivity index (χ2n) is 6.35. The van der Waals surface area contributed by atoms with Gasteiger partial charge in [-0.2, -0.15) is 0 Å². The average Bonchev–Trinajstić information content (AvgIpc) is 2.59. The van der Waals surface area contributed by atoms with Gasteiger partial charge < -0.3 is 19.3 Å². The fraction of sp³-hybridized carbons (Fsp3) is 0.474. The van der Waals surface area contributed by atoms with Crippen molar-refractivity contribution in [3.8, 4) is 11.5 Å². The highest BCUT2D eigenvalue weighted by molar-refractivity contribution is 6.09. The van der Waals surface area contributed by atoms with E-state index in [-0.39, 0.29) is 17.8 Å². The molecule has 1 amide bonds. The van der Waals surface area contributed by atoms with Gasteiger partial charge in [0.2, 0.25) is 5.91 Å². The van der Waals surface area contributed by atoms with Gasteiger partial charge in [-0.15, -0.1) is 0 Å². The molecule has 6 heteroatoms. The molecule has 6 nitrogen and oxygen atoms in total. The van der Waals surface area contributed by atoms with Crippen LogP contribution in [0.3, 0.4) is 0 Å². The Morgan fingerprint density at radius 1 is 1.12 bits per heavy atom. The average molecular weight is 346 g/mol. The van der Waals surface area contributed by atoms with Crippen LogP contribution in [0.15, 0.2) is 30.4 Å². The van der Waals surface area contributed by atoms with Gasteiger partial charge in [-0.1, -0.05) is 0 Å². The van der Waals surface area contributed by atoms with Gasteiger partial charge in [0.25, 0.3) is 0 Å². The first kappa shape index (κ1) is 19.0. The molecule has 136 valence electrons. The summed E-state index contributed by atoms with van der Waals surface area (Å²) in [5, 5.41) is 0. The van der Waals surface area contributed by atoms with Crippen LogP contribution in [0.25, 0.3) is 0 Å². The lowest BCUT2D eigenvalue weighted by Crippen LogP contribution is -2.46. The third-order valence-electron chi connectivity index (χ3n) is 4.00. The molecule has 1 aromatic carbocycles. The van der Waals surface area contributed by atoms with Crippen LogP contribution in [0.1, 0.15) is 24.2 Å². The van der Waals surface area contributed by atoms with Crippen molar-refractivity contribution in [1.82, 2.24) is 9.80 Å². The van der Waals surface area contributed by atoms with E-state index in [1.165, 1.54) is 19.3 Å². The lowest BCUT2D eigenvalue weighted by atomic mass is 10.1. The Morgan fingerprint density at radius 2 is 1.80 bits per heavy atom. The minimum Gasteiger partial charge on any atom is -0.496 e. The SMILES string of the molecule is COc1cc(OC(C)C)ccc1C(=O)C=CC(=O)N1CCN(C)CC1. The molecule has 0 radical (unpaired) electrons. The molecule has 0 aromatic heterocycles. The third kappa shape index (κ3) is 5.32. The molecule has 0 bridgehead atoms. The first-order valence-corrected chi connectivity index (χ1v) is 8.45. The van der Waals surface area contributed by atoms with Gasteiger partial charge in [-0.3, -0.25) is 9.59 Å². The Kier molecular flexibility index (Phi) is 6.58. The fourth-order valence-corrected chi connectivity index (χ4v) is 2.59. The Balaban J connectivity index is 2.05. The first-order chi connectivity index (χ1) is 11.9. The van der Waals surface area contributed by atoms with Crippen molar-refractivity contribution in [2.24, 2.45) is 0 Å². The van der Waals surface area contributed by atoms with Crippen LogP contribution in [-0.2, 0) is 4.79 Å². The van der Waals surface area contributed by atoms with Crippen LogP contribution in [0.5, 0.6) is 11.5 Å². The normalized spacial score (nSPS) is 15.6. The maximum atomic E-state index is 12.4. The molecule has 1 saturated heterocycles. The lowest BCUT2D eigenvalue weighted by Gasteiger charge is -2.31. The van der Waals surface area contributed by atoms with Crippen LogP contribution in [0, 0.1) is 0 Å². The quantitative estimate of drug-likeness (QED) is 0.582. The van der Waals surface area contributed by atoms with E-state index in [0.29, 0.717) is 30.2 Å². The molecule has 2 rings (SSSR count). The number of methoxy groups -OCH3 is 1. The standard InChI is InChI=1S/C19H26N2O4/c1-14(2)25-15-5-6-16(18(13-15)24-4)17(22)7-8-19(23)21-11-9-20(3)10-12-21/h5-8,13-14H,9-12H2,1-4H3. The Hall–Kier alpha value is -2.34. The smallest absolute Gasteiger partial charge is 0.246 e. The summed E-state index contributed by atoms with van der Waals surface area (Å²) in [6.07, 6.45) is 2.68. The zero-order valence-corrected chi connectivity index (χ0v) is 15.3. The summed E-state index contributed by atoms with van der Waals surface area (Å²) in [4.78, 5) is 28.5. The summed E-state index contributed by atoms with van der Waals surface area (Å²) in [5.74, 6) is 0.663. The summed E-state index contributed by atoms with van der Waals surface area (Å²) in [6, 6.07) is 5.07. The highest BCUT2D eigenvalue weighted by atomic mass is 16.5. The fourth-order valence-electron chi connectivity index (χ4n) is 2.59. The van der Waals surface area contributed by atoms with Crippen molar-refractivity contribution in [2.75, 3.05) is 40.3 Å². The van der Waals surface area contributed by atoms with E-state index in [1.54, 1.807) is 23.1 Å². The van der Waals surface area contributed by atoms with Crippen molar-refractivity contribution in [3.05, 3.63) is 35.9 Å². The number of hydrogen-bond acceptors (Lipinski definition) is 5. The van der Waals surface area contributed by atoms with E-state index >= 15 is 0 Å². The number of likely N-dealkylation sites (N-methyl/N-ethyl adjacent to an activating group) is 1. The predicted octanol–water partition coefficient (Wildman–Crippen LogP) is 2.00. The number of rotatable bonds is 6. The zero-order valence-electron chi connectivity index (χ0n) is 15.3. The molecule has 0 N–H and O–H groups in total. The Labute approximate surface area is 149 Å². The number of allylic oxidation sites excluding steroid dienone is 1. The number of benzene rings is 1. The summed E-state index contributed by atoms with van der Waals surface area (Å²) in [6.45, 7) is 6.91. The zero-order chi connectivity index (χ0) is 18.4. The molecule has 0 spiro atoms. The summed E-state index contributed by atoms with van der Waals surface area (Å²) >= 11 is 0. The second-order valence-corrected chi connectivity index (χ2v) is 6.35. The molecular formula is C19H26N2O4. The maximum Gasteiger partial charge on any atom is 0.246 e. The van der Waals surface area contributed by atoms with E-state index in [2.05, 4.69) is 4.90 Å². The predicted molar refractivity (Wildman–Crippen MR) is 96.3 cm³/mol. The molecule has 1 aliphatic heterocycles. The van der Waals surface area contributed by atoms with Crippen molar-refractivity contribution >= 4 is 11.7 Å². The molecule has 1 heterocycles. The number of amides is 1. The van der Waals surface area contributed by atoms with Crippen LogP contribution in [-0.4, -0.2) is 67.9 Å². The summed E-state index contributed by atoms with van der Waals surface area (Å²) in [7, 11) is 3.53. The summed E-state index contributed by atoms with van der Waals surface area (Å²) < 4.78 is 10.9. The van der Waals surface area contributed by atoms with E-state index in [1.807, 2.05) is 20.9 Å². The van der Waals surface area contributed by atoms with Crippen LogP contribution < -0.4 is 9.47 Å². The Bertz CT molecular complexity index is 647. The van der Waals surface area contributed by atoms with E-state index in [0.717, 1.165) is 13.1 Å². The van der Waals surface area contributed by atoms with Crippen molar-refractivity contribution in [1.29, 1.82) is 0 Å². The number of ether oxygens (including phenoxy) is 2. The lowest BCUT2D eigenvalue weighted by molar-refractivity contribution is -0.127. The van der Waals surface area contributed by atoms with Crippen molar-refractivity contribution < 1.29 is 19.1 Å². The number of carbonyl (C=O) groups excluding carboxylic acids is 2. The van der Waals surface area contributed by atoms with Crippen molar-refractivity contribution in [3.63, 3.8) is 0 Å². The number of hydrogen-bond donors (Lipinski definition) is 0. The third-order valence-corrected chi connectivity index (χ3v) is 4.00. The van der Waals surface area contributed by atoms with E-state index in [9.17, 15) is 9.59 Å². The maximum absolute atomic E-state index is 12.4. The topological polar surface area (TPSA) is 59.1 Å². The van der Waals surface area contributed by atoms with E-state index in [4.69, 9.17) is 9.47 Å². The van der Waals surface area contributed by atoms with Gasteiger partial charge in [0.15, 0.2) is 5.78 Å². The molecule has 1 fully saturated rings. The minimum absolute atomic E-state index is 0.0346.